The van der Waals surface area contributed by atoms with Crippen molar-refractivity contribution in [3.8, 4) is 5.69 Å². The SMILES string of the molecule is C=CCCn1cc(-n2ncc3cc(Cl)c(C4CCNCC4)cc32)cn1.OC1CCOC1. The molecule has 2 N–H and O–H groups in total. The van der Waals surface area contributed by atoms with E-state index in [9.17, 15) is 0 Å². The molecule has 31 heavy (non-hydrogen) atoms. The summed E-state index contributed by atoms with van der Waals surface area (Å²) in [5.41, 5.74) is 3.29. The van der Waals surface area contributed by atoms with Gasteiger partial charge in [0.1, 0.15) is 5.69 Å². The van der Waals surface area contributed by atoms with E-state index < -0.39 is 0 Å². The van der Waals surface area contributed by atoms with Crippen molar-refractivity contribution >= 4 is 22.5 Å². The highest BCUT2D eigenvalue weighted by atomic mass is 35.5. The van der Waals surface area contributed by atoms with Gasteiger partial charge in [0.2, 0.25) is 0 Å². The summed E-state index contributed by atoms with van der Waals surface area (Å²) in [7, 11) is 0. The summed E-state index contributed by atoms with van der Waals surface area (Å²) in [5.74, 6) is 0.511. The minimum atomic E-state index is -0.176. The van der Waals surface area contributed by atoms with Crippen LogP contribution in [0.2, 0.25) is 5.02 Å². The molecule has 5 rings (SSSR count). The number of aryl methyl sites for hydroxylation is 1. The Morgan fingerprint density at radius 2 is 2.06 bits per heavy atom. The molecule has 4 heterocycles. The van der Waals surface area contributed by atoms with Crippen LogP contribution in [0.4, 0.5) is 0 Å². The summed E-state index contributed by atoms with van der Waals surface area (Å²) in [6.07, 6.45) is 11.4. The van der Waals surface area contributed by atoms with Crippen LogP contribution in [-0.2, 0) is 11.3 Å². The molecule has 3 aromatic rings. The molecule has 7 nitrogen and oxygen atoms in total. The van der Waals surface area contributed by atoms with Crippen molar-refractivity contribution in [2.45, 2.75) is 44.2 Å². The third kappa shape index (κ3) is 5.36. The molecule has 2 aliphatic heterocycles. The number of hydrogen-bond acceptors (Lipinski definition) is 5. The van der Waals surface area contributed by atoms with E-state index in [2.05, 4.69) is 28.2 Å². The van der Waals surface area contributed by atoms with Gasteiger partial charge in [-0.15, -0.1) is 6.58 Å². The molecule has 0 saturated carbocycles. The highest BCUT2D eigenvalue weighted by Gasteiger charge is 2.20. The fraction of sp³-hybridized carbons (Fsp3) is 0.478. The van der Waals surface area contributed by atoms with E-state index in [-0.39, 0.29) is 6.10 Å². The fourth-order valence-corrected chi connectivity index (χ4v) is 4.37. The van der Waals surface area contributed by atoms with Crippen LogP contribution in [0.15, 0.2) is 43.4 Å². The van der Waals surface area contributed by atoms with Crippen molar-refractivity contribution in [3.63, 3.8) is 0 Å². The zero-order valence-corrected chi connectivity index (χ0v) is 18.5. The van der Waals surface area contributed by atoms with Gasteiger partial charge in [0, 0.05) is 23.6 Å². The maximum absolute atomic E-state index is 8.60. The quantitative estimate of drug-likeness (QED) is 0.588. The largest absolute Gasteiger partial charge is 0.391 e. The molecule has 2 aromatic heterocycles. The summed E-state index contributed by atoms with van der Waals surface area (Å²) in [6.45, 7) is 7.97. The second-order valence-corrected chi connectivity index (χ2v) is 8.48. The Hall–Kier alpha value is -2.19. The number of aromatic nitrogens is 4. The van der Waals surface area contributed by atoms with E-state index in [1.165, 1.54) is 5.56 Å². The first-order valence-corrected chi connectivity index (χ1v) is 11.3. The topological polar surface area (TPSA) is 77.1 Å². The van der Waals surface area contributed by atoms with Crippen LogP contribution in [0.3, 0.4) is 0 Å². The molecule has 166 valence electrons. The normalized spacial score (nSPS) is 19.4. The molecule has 0 amide bonds. The third-order valence-corrected chi connectivity index (χ3v) is 6.12. The van der Waals surface area contributed by atoms with E-state index in [0.717, 1.165) is 73.5 Å². The number of hydrogen-bond donors (Lipinski definition) is 2. The van der Waals surface area contributed by atoms with E-state index in [0.29, 0.717) is 12.5 Å². The smallest absolute Gasteiger partial charge is 0.103 e. The molecule has 2 fully saturated rings. The number of nitrogens with one attached hydrogen (secondary N) is 1. The van der Waals surface area contributed by atoms with Gasteiger partial charge in [-0.05, 0) is 62.4 Å². The molecule has 8 heteroatoms. The van der Waals surface area contributed by atoms with Gasteiger partial charge in [-0.25, -0.2) is 4.68 Å². The highest BCUT2D eigenvalue weighted by Crippen LogP contribution is 2.34. The zero-order valence-electron chi connectivity index (χ0n) is 17.7. The first-order valence-electron chi connectivity index (χ1n) is 10.9. The van der Waals surface area contributed by atoms with Crippen molar-refractivity contribution in [2.24, 2.45) is 0 Å². The van der Waals surface area contributed by atoms with Crippen LogP contribution in [0, 0.1) is 0 Å². The maximum atomic E-state index is 8.60. The van der Waals surface area contributed by atoms with Crippen LogP contribution in [0.1, 0.15) is 37.2 Å². The Balaban J connectivity index is 0.000000334. The number of halogens is 1. The molecular weight excluding hydrogens is 414 g/mol. The number of aliphatic hydroxyl groups is 1. The number of aliphatic hydroxyl groups excluding tert-OH is 1. The van der Waals surface area contributed by atoms with E-state index in [1.807, 2.05) is 40.1 Å². The number of benzene rings is 1. The predicted molar refractivity (Wildman–Crippen MR) is 123 cm³/mol. The average molecular weight is 444 g/mol. The Kier molecular flexibility index (Phi) is 7.40. The zero-order chi connectivity index (χ0) is 21.6. The van der Waals surface area contributed by atoms with Gasteiger partial charge >= 0.3 is 0 Å². The minimum Gasteiger partial charge on any atom is -0.391 e. The Morgan fingerprint density at radius 3 is 2.74 bits per heavy atom. The second-order valence-electron chi connectivity index (χ2n) is 8.07. The van der Waals surface area contributed by atoms with Crippen LogP contribution in [0.25, 0.3) is 16.6 Å². The predicted octanol–water partition coefficient (Wildman–Crippen LogP) is 3.69. The standard InChI is InChI=1S/C19H22ClN5.C4H8O2/c1-2-3-8-24-13-16(12-22-24)25-19-10-17(14-4-6-21-7-5-14)18(20)9-15(19)11-23-25;5-4-1-2-6-3-4/h2,9-14,21H,1,3-8H2;4-5H,1-3H2. The molecule has 0 bridgehead atoms. The van der Waals surface area contributed by atoms with Crippen molar-refractivity contribution in [1.29, 1.82) is 0 Å². The van der Waals surface area contributed by atoms with Crippen LogP contribution >= 0.6 is 11.6 Å². The number of fused-ring (bicyclic) bond motifs is 1. The first kappa shape index (κ1) is 22.0. The summed E-state index contributed by atoms with van der Waals surface area (Å²) in [4.78, 5) is 0. The lowest BCUT2D eigenvalue weighted by atomic mass is 9.90. The summed E-state index contributed by atoms with van der Waals surface area (Å²) < 4.78 is 8.68. The fourth-order valence-electron chi connectivity index (χ4n) is 4.04. The van der Waals surface area contributed by atoms with Crippen LogP contribution < -0.4 is 5.32 Å². The van der Waals surface area contributed by atoms with E-state index in [1.54, 1.807) is 0 Å². The van der Waals surface area contributed by atoms with Gasteiger partial charge in [-0.2, -0.15) is 10.2 Å². The van der Waals surface area contributed by atoms with Gasteiger partial charge in [-0.3, -0.25) is 4.68 Å². The van der Waals surface area contributed by atoms with Gasteiger partial charge in [0.25, 0.3) is 0 Å². The van der Waals surface area contributed by atoms with Crippen molar-refractivity contribution < 1.29 is 9.84 Å². The van der Waals surface area contributed by atoms with Gasteiger partial charge < -0.3 is 15.2 Å². The lowest BCUT2D eigenvalue weighted by Crippen LogP contribution is -2.26. The van der Waals surface area contributed by atoms with Crippen molar-refractivity contribution in [2.75, 3.05) is 26.3 Å². The third-order valence-electron chi connectivity index (χ3n) is 5.80. The Morgan fingerprint density at radius 1 is 1.23 bits per heavy atom. The molecule has 0 spiro atoms. The lowest BCUT2D eigenvalue weighted by molar-refractivity contribution is 0.127. The number of piperidine rings is 1. The van der Waals surface area contributed by atoms with Crippen LogP contribution in [0.5, 0.6) is 0 Å². The van der Waals surface area contributed by atoms with Crippen molar-refractivity contribution in [3.05, 3.63) is 54.0 Å². The van der Waals surface area contributed by atoms with Crippen molar-refractivity contribution in [1.82, 2.24) is 24.9 Å². The van der Waals surface area contributed by atoms with Gasteiger partial charge in [-0.1, -0.05) is 17.7 Å². The second kappa shape index (κ2) is 10.4. The molecule has 0 aliphatic carbocycles. The molecule has 2 saturated heterocycles. The van der Waals surface area contributed by atoms with E-state index in [4.69, 9.17) is 21.4 Å². The van der Waals surface area contributed by atoms with Gasteiger partial charge in [0.15, 0.2) is 0 Å². The molecule has 1 atom stereocenters. The Labute approximate surface area is 187 Å². The summed E-state index contributed by atoms with van der Waals surface area (Å²) >= 11 is 6.57. The Bertz CT molecular complexity index is 1000. The monoisotopic (exact) mass is 443 g/mol. The summed E-state index contributed by atoms with van der Waals surface area (Å²) in [6, 6.07) is 4.25. The maximum Gasteiger partial charge on any atom is 0.103 e. The summed E-state index contributed by atoms with van der Waals surface area (Å²) in [5, 5.41) is 22.9. The first-order chi connectivity index (χ1) is 15.2. The molecule has 2 aliphatic rings. The highest BCUT2D eigenvalue weighted by molar-refractivity contribution is 6.32. The lowest BCUT2D eigenvalue weighted by Gasteiger charge is -2.24. The number of allylic oxidation sites excluding steroid dienone is 1. The number of ether oxygens (including phenoxy) is 1. The van der Waals surface area contributed by atoms with E-state index >= 15 is 0 Å². The molecule has 0 radical (unpaired) electrons. The average Bonchev–Trinajstić information content (AvgIpc) is 3.53. The minimum absolute atomic E-state index is 0.176. The molecular formula is C23H30ClN5O2. The number of rotatable bonds is 5. The van der Waals surface area contributed by atoms with Gasteiger partial charge in [0.05, 0.1) is 36.8 Å². The molecule has 1 unspecified atom stereocenters. The molecule has 1 aromatic carbocycles. The number of nitrogens with zero attached hydrogens (tertiary/aromatic N) is 4. The van der Waals surface area contributed by atoms with Crippen LogP contribution in [-0.4, -0.2) is 57.1 Å².